The zero-order chi connectivity index (χ0) is 23.0. The zero-order valence-electron chi connectivity index (χ0n) is 19.2. The van der Waals surface area contributed by atoms with E-state index < -0.39 is 0 Å². The topological polar surface area (TPSA) is 64.7 Å². The second-order valence-corrected chi connectivity index (χ2v) is 8.67. The molecule has 0 spiro atoms. The fourth-order valence-electron chi connectivity index (χ4n) is 4.36. The number of nitrogens with zero attached hydrogens (tertiary/aromatic N) is 2. The van der Waals surface area contributed by atoms with E-state index in [1.165, 1.54) is 10.8 Å². The molecule has 1 fully saturated rings. The number of nitrogens with one attached hydrogen (secondary N) is 2. The summed E-state index contributed by atoms with van der Waals surface area (Å²) in [5.41, 5.74) is 2.23. The molecular formula is C27H32N4O2. The van der Waals surface area contributed by atoms with Crippen LogP contribution in [-0.2, 0) is 16.1 Å². The Balaban J connectivity index is 1.19. The molecule has 0 bridgehead atoms. The van der Waals surface area contributed by atoms with Crippen LogP contribution in [-0.4, -0.2) is 60.9 Å². The minimum absolute atomic E-state index is 0.0319. The van der Waals surface area contributed by atoms with Crippen molar-refractivity contribution in [2.75, 3.05) is 39.3 Å². The molecule has 33 heavy (non-hydrogen) atoms. The van der Waals surface area contributed by atoms with Crippen molar-refractivity contribution < 1.29 is 9.59 Å². The Morgan fingerprint density at radius 1 is 0.788 bits per heavy atom. The Hall–Kier alpha value is -3.22. The summed E-state index contributed by atoms with van der Waals surface area (Å²) < 4.78 is 0. The molecule has 3 aromatic carbocycles. The van der Waals surface area contributed by atoms with Gasteiger partial charge in [-0.15, -0.1) is 0 Å². The molecule has 3 aromatic rings. The highest BCUT2D eigenvalue weighted by Gasteiger charge is 2.21. The largest absolute Gasteiger partial charge is 0.351 e. The molecule has 0 aromatic heterocycles. The summed E-state index contributed by atoms with van der Waals surface area (Å²) in [5.74, 6) is 0.0680. The Bertz CT molecular complexity index is 1070. The van der Waals surface area contributed by atoms with Crippen LogP contribution < -0.4 is 10.6 Å². The molecule has 2 N–H and O–H groups in total. The number of fused-ring (bicyclic) bond motifs is 1. The van der Waals surface area contributed by atoms with Gasteiger partial charge in [0.15, 0.2) is 0 Å². The molecule has 1 heterocycles. The number of hydrogen-bond donors (Lipinski definition) is 2. The van der Waals surface area contributed by atoms with Gasteiger partial charge in [-0.05, 0) is 28.8 Å². The second-order valence-electron chi connectivity index (χ2n) is 8.67. The van der Waals surface area contributed by atoms with E-state index in [1.54, 1.807) is 0 Å². The highest BCUT2D eigenvalue weighted by molar-refractivity contribution is 5.87. The van der Waals surface area contributed by atoms with Crippen molar-refractivity contribution in [3.63, 3.8) is 0 Å². The molecule has 1 atom stereocenters. The molecule has 0 radical (unpaired) electrons. The van der Waals surface area contributed by atoms with Crippen molar-refractivity contribution in [1.29, 1.82) is 0 Å². The third kappa shape index (κ3) is 6.40. The van der Waals surface area contributed by atoms with E-state index in [0.29, 0.717) is 19.6 Å². The molecule has 1 aliphatic rings. The van der Waals surface area contributed by atoms with Gasteiger partial charge in [-0.25, -0.2) is 0 Å². The quantitative estimate of drug-likeness (QED) is 0.561. The van der Waals surface area contributed by atoms with Crippen LogP contribution in [0.4, 0.5) is 0 Å². The summed E-state index contributed by atoms with van der Waals surface area (Å²) >= 11 is 0. The van der Waals surface area contributed by atoms with E-state index in [9.17, 15) is 9.59 Å². The highest BCUT2D eigenvalue weighted by Crippen LogP contribution is 2.24. The average molecular weight is 445 g/mol. The maximum absolute atomic E-state index is 12.7. The van der Waals surface area contributed by atoms with Crippen LogP contribution >= 0.6 is 0 Å². The minimum Gasteiger partial charge on any atom is -0.351 e. The van der Waals surface area contributed by atoms with Gasteiger partial charge < -0.3 is 10.6 Å². The standard InChI is InChI=1S/C27H32N4O2/c1-21(24-13-7-11-23-10-5-6-12-25(23)24)29-27(33)20-31-16-14-30(15-17-31)19-26(32)28-18-22-8-3-2-4-9-22/h2-13,21H,14-20H2,1H3,(H,28,32)(H,29,33). The lowest BCUT2D eigenvalue weighted by atomic mass is 10.00. The number of carbonyl (C=O) groups excluding carboxylic acids is 2. The van der Waals surface area contributed by atoms with Gasteiger partial charge in [0, 0.05) is 32.7 Å². The molecule has 2 amide bonds. The predicted molar refractivity (Wildman–Crippen MR) is 132 cm³/mol. The van der Waals surface area contributed by atoms with Crippen LogP contribution in [0.15, 0.2) is 72.8 Å². The Morgan fingerprint density at radius 3 is 2.12 bits per heavy atom. The maximum Gasteiger partial charge on any atom is 0.234 e. The van der Waals surface area contributed by atoms with Crippen LogP contribution in [0, 0.1) is 0 Å². The van der Waals surface area contributed by atoms with Crippen LogP contribution in [0.3, 0.4) is 0 Å². The van der Waals surface area contributed by atoms with Gasteiger partial charge in [0.05, 0.1) is 19.1 Å². The van der Waals surface area contributed by atoms with Gasteiger partial charge >= 0.3 is 0 Å². The molecule has 6 nitrogen and oxygen atoms in total. The number of amides is 2. The summed E-state index contributed by atoms with van der Waals surface area (Å²) in [4.78, 5) is 29.2. The van der Waals surface area contributed by atoms with Crippen molar-refractivity contribution in [3.05, 3.63) is 83.9 Å². The molecule has 1 saturated heterocycles. The number of hydrogen-bond acceptors (Lipinski definition) is 4. The molecule has 4 rings (SSSR count). The molecule has 1 aliphatic heterocycles. The lowest BCUT2D eigenvalue weighted by Gasteiger charge is -2.34. The van der Waals surface area contributed by atoms with Gasteiger partial charge in [0.2, 0.25) is 11.8 Å². The number of benzene rings is 3. The van der Waals surface area contributed by atoms with Crippen molar-refractivity contribution >= 4 is 22.6 Å². The summed E-state index contributed by atoms with van der Waals surface area (Å²) in [5, 5.41) is 8.49. The molecule has 0 saturated carbocycles. The Morgan fingerprint density at radius 2 is 1.39 bits per heavy atom. The van der Waals surface area contributed by atoms with Gasteiger partial charge in [-0.1, -0.05) is 72.8 Å². The summed E-state index contributed by atoms with van der Waals surface area (Å²) in [6.07, 6.45) is 0. The molecule has 6 heteroatoms. The van der Waals surface area contributed by atoms with Crippen LogP contribution in [0.1, 0.15) is 24.1 Å². The Kier molecular flexibility index (Phi) is 7.70. The molecule has 1 unspecified atom stereocenters. The first-order valence-corrected chi connectivity index (χ1v) is 11.6. The number of piperazine rings is 1. The van der Waals surface area contributed by atoms with Crippen molar-refractivity contribution in [2.45, 2.75) is 19.5 Å². The van der Waals surface area contributed by atoms with E-state index in [-0.39, 0.29) is 17.9 Å². The van der Waals surface area contributed by atoms with Gasteiger partial charge in [-0.2, -0.15) is 0 Å². The van der Waals surface area contributed by atoms with E-state index in [2.05, 4.69) is 44.7 Å². The minimum atomic E-state index is -0.0572. The molecular weight excluding hydrogens is 412 g/mol. The fourth-order valence-corrected chi connectivity index (χ4v) is 4.36. The van der Waals surface area contributed by atoms with Crippen LogP contribution in [0.5, 0.6) is 0 Å². The first-order chi connectivity index (χ1) is 16.1. The van der Waals surface area contributed by atoms with Gasteiger partial charge in [-0.3, -0.25) is 19.4 Å². The Labute approximate surface area is 195 Å². The first-order valence-electron chi connectivity index (χ1n) is 11.6. The monoisotopic (exact) mass is 444 g/mol. The summed E-state index contributed by atoms with van der Waals surface area (Å²) in [6, 6.07) is 24.3. The first kappa shape index (κ1) is 23.0. The van der Waals surface area contributed by atoms with Gasteiger partial charge in [0.1, 0.15) is 0 Å². The average Bonchev–Trinajstić information content (AvgIpc) is 2.84. The zero-order valence-corrected chi connectivity index (χ0v) is 19.2. The van der Waals surface area contributed by atoms with E-state index in [1.807, 2.05) is 55.5 Å². The van der Waals surface area contributed by atoms with E-state index in [4.69, 9.17) is 0 Å². The highest BCUT2D eigenvalue weighted by atomic mass is 16.2. The van der Waals surface area contributed by atoms with Crippen molar-refractivity contribution in [2.24, 2.45) is 0 Å². The smallest absolute Gasteiger partial charge is 0.234 e. The summed E-state index contributed by atoms with van der Waals surface area (Å²) in [6.45, 7) is 6.48. The lowest BCUT2D eigenvalue weighted by molar-refractivity contribution is -0.125. The van der Waals surface area contributed by atoms with Crippen molar-refractivity contribution in [3.8, 4) is 0 Å². The molecule has 0 aliphatic carbocycles. The lowest BCUT2D eigenvalue weighted by Crippen LogP contribution is -2.51. The SMILES string of the molecule is CC(NC(=O)CN1CCN(CC(=O)NCc2ccccc2)CC1)c1cccc2ccccc12. The van der Waals surface area contributed by atoms with E-state index >= 15 is 0 Å². The van der Waals surface area contributed by atoms with Crippen molar-refractivity contribution in [1.82, 2.24) is 20.4 Å². The fraction of sp³-hybridized carbons (Fsp3) is 0.333. The summed E-state index contributed by atoms with van der Waals surface area (Å²) in [7, 11) is 0. The second kappa shape index (κ2) is 11.1. The third-order valence-electron chi connectivity index (χ3n) is 6.20. The normalized spacial score (nSPS) is 15.8. The van der Waals surface area contributed by atoms with Crippen LogP contribution in [0.25, 0.3) is 10.8 Å². The predicted octanol–water partition coefficient (Wildman–Crippen LogP) is 2.95. The van der Waals surface area contributed by atoms with Crippen LogP contribution in [0.2, 0.25) is 0 Å². The number of carbonyl (C=O) groups is 2. The maximum atomic E-state index is 12.7. The number of rotatable bonds is 8. The van der Waals surface area contributed by atoms with E-state index in [0.717, 1.165) is 37.3 Å². The van der Waals surface area contributed by atoms with Gasteiger partial charge in [0.25, 0.3) is 0 Å². The third-order valence-corrected chi connectivity index (χ3v) is 6.20. The molecule has 172 valence electrons.